The molecule has 0 aromatic heterocycles. The molecule has 4 nitrogen and oxygen atoms in total. The lowest BCUT2D eigenvalue weighted by Crippen LogP contribution is -2.28. The zero-order valence-electron chi connectivity index (χ0n) is 16.6. The third-order valence-electron chi connectivity index (χ3n) is 4.51. The molecular weight excluding hydrogens is 375 g/mol. The fraction of sp³-hybridized carbons (Fsp3) is 0.364. The van der Waals surface area contributed by atoms with Gasteiger partial charge in [-0.25, -0.2) is 4.39 Å². The minimum Gasteiger partial charge on any atom is -0.326 e. The van der Waals surface area contributed by atoms with Crippen LogP contribution >= 0.6 is 11.8 Å². The molecule has 0 spiro atoms. The van der Waals surface area contributed by atoms with Crippen molar-refractivity contribution in [3.05, 3.63) is 59.4 Å². The summed E-state index contributed by atoms with van der Waals surface area (Å²) in [5.41, 5.74) is 2.54. The van der Waals surface area contributed by atoms with Gasteiger partial charge in [-0.05, 0) is 42.2 Å². The van der Waals surface area contributed by atoms with E-state index in [1.165, 1.54) is 17.8 Å². The van der Waals surface area contributed by atoms with Gasteiger partial charge in [0.2, 0.25) is 11.8 Å². The molecule has 1 saturated heterocycles. The summed E-state index contributed by atoms with van der Waals surface area (Å²) in [6, 6.07) is 12.3. The molecule has 1 N–H and O–H groups in total. The van der Waals surface area contributed by atoms with Crippen LogP contribution in [-0.2, 0) is 9.59 Å². The molecular formula is C22H25FN2O2S. The van der Waals surface area contributed by atoms with Crippen LogP contribution in [0.5, 0.6) is 0 Å². The number of rotatable bonds is 4. The molecule has 6 heteroatoms. The van der Waals surface area contributed by atoms with Crippen molar-refractivity contribution in [2.24, 2.45) is 5.41 Å². The normalized spacial score (nSPS) is 17.1. The molecule has 148 valence electrons. The van der Waals surface area contributed by atoms with Gasteiger partial charge in [-0.3, -0.25) is 14.5 Å². The molecule has 2 amide bonds. The highest BCUT2D eigenvalue weighted by atomic mass is 32.2. The van der Waals surface area contributed by atoms with E-state index >= 15 is 0 Å². The monoisotopic (exact) mass is 400 g/mol. The van der Waals surface area contributed by atoms with Crippen LogP contribution in [0.3, 0.4) is 0 Å². The molecule has 0 aliphatic carbocycles. The molecule has 2 aromatic carbocycles. The average molecular weight is 401 g/mol. The Bertz CT molecular complexity index is 908. The van der Waals surface area contributed by atoms with Gasteiger partial charge in [0, 0.05) is 17.7 Å². The van der Waals surface area contributed by atoms with Crippen LogP contribution in [0.4, 0.5) is 15.8 Å². The van der Waals surface area contributed by atoms with Crippen molar-refractivity contribution in [1.29, 1.82) is 0 Å². The molecule has 1 fully saturated rings. The van der Waals surface area contributed by atoms with E-state index in [0.29, 0.717) is 29.1 Å². The number of nitrogens with zero attached hydrogens (tertiary/aromatic N) is 1. The van der Waals surface area contributed by atoms with Crippen LogP contribution in [0.15, 0.2) is 42.5 Å². The van der Waals surface area contributed by atoms with E-state index in [1.54, 1.807) is 24.0 Å². The van der Waals surface area contributed by atoms with Crippen LogP contribution in [-0.4, -0.2) is 17.6 Å². The van der Waals surface area contributed by atoms with Crippen molar-refractivity contribution in [2.75, 3.05) is 16.0 Å². The second kappa shape index (κ2) is 7.95. The quantitative estimate of drug-likeness (QED) is 0.759. The molecule has 0 unspecified atom stereocenters. The van der Waals surface area contributed by atoms with Crippen molar-refractivity contribution in [3.8, 4) is 0 Å². The lowest BCUT2D eigenvalue weighted by atomic mass is 9.92. The first kappa shape index (κ1) is 20.4. The second-order valence-corrected chi connectivity index (χ2v) is 9.29. The number of carbonyl (C=O) groups is 2. The summed E-state index contributed by atoms with van der Waals surface area (Å²) in [7, 11) is 0. The largest absolute Gasteiger partial charge is 0.326 e. The highest BCUT2D eigenvalue weighted by Gasteiger charge is 2.35. The number of hydrogen-bond acceptors (Lipinski definition) is 3. The Balaban J connectivity index is 1.87. The lowest BCUT2D eigenvalue weighted by Gasteiger charge is -2.26. The lowest BCUT2D eigenvalue weighted by molar-refractivity contribution is -0.118. The topological polar surface area (TPSA) is 49.4 Å². The van der Waals surface area contributed by atoms with Crippen LogP contribution in [0, 0.1) is 18.2 Å². The molecule has 28 heavy (non-hydrogen) atoms. The Morgan fingerprint density at radius 2 is 1.96 bits per heavy atom. The number of carbonyl (C=O) groups excluding carboxylic acids is 2. The minimum absolute atomic E-state index is 0.0439. The summed E-state index contributed by atoms with van der Waals surface area (Å²) in [5, 5.41) is 2.68. The van der Waals surface area contributed by atoms with E-state index in [-0.39, 0.29) is 28.4 Å². The molecule has 0 radical (unpaired) electrons. The standard InChI is InChI=1S/C22H25FN2O2S/c1-14-17(23)9-6-10-18(14)25-20(27)13-28-21(25)15-7-5-8-16(11-15)24-19(26)12-22(2,3)4/h5-11,21H,12-13H2,1-4H3,(H,24,26)/t21-/m1/s1. The van der Waals surface area contributed by atoms with Crippen molar-refractivity contribution in [1.82, 2.24) is 0 Å². The molecule has 1 heterocycles. The zero-order valence-corrected chi connectivity index (χ0v) is 17.4. The molecule has 1 atom stereocenters. The van der Waals surface area contributed by atoms with Gasteiger partial charge in [-0.2, -0.15) is 0 Å². The Kier molecular flexibility index (Phi) is 5.79. The van der Waals surface area contributed by atoms with Gasteiger partial charge >= 0.3 is 0 Å². The van der Waals surface area contributed by atoms with Crippen molar-refractivity contribution < 1.29 is 14.0 Å². The van der Waals surface area contributed by atoms with Crippen LogP contribution in [0.2, 0.25) is 0 Å². The third kappa shape index (κ3) is 4.55. The maximum absolute atomic E-state index is 14.0. The second-order valence-electron chi connectivity index (χ2n) is 8.22. The van der Waals surface area contributed by atoms with Gasteiger partial charge in [0.1, 0.15) is 11.2 Å². The van der Waals surface area contributed by atoms with Crippen LogP contribution in [0.25, 0.3) is 0 Å². The minimum atomic E-state index is -0.329. The van der Waals surface area contributed by atoms with Gasteiger partial charge in [0.05, 0.1) is 11.4 Å². The average Bonchev–Trinajstić information content (AvgIpc) is 2.97. The van der Waals surface area contributed by atoms with E-state index in [1.807, 2.05) is 45.0 Å². The maximum Gasteiger partial charge on any atom is 0.238 e. The van der Waals surface area contributed by atoms with Crippen LogP contribution in [0.1, 0.15) is 43.7 Å². The number of nitrogens with one attached hydrogen (secondary N) is 1. The first-order chi connectivity index (χ1) is 13.2. The summed E-state index contributed by atoms with van der Waals surface area (Å²) in [4.78, 5) is 26.5. The van der Waals surface area contributed by atoms with Gasteiger partial charge in [-0.15, -0.1) is 11.8 Å². The number of halogens is 1. The Labute approximate surface area is 169 Å². The summed E-state index contributed by atoms with van der Waals surface area (Å²) in [5.74, 6) is -0.0889. The summed E-state index contributed by atoms with van der Waals surface area (Å²) in [6.07, 6.45) is 0.419. The van der Waals surface area contributed by atoms with Crippen molar-refractivity contribution >= 4 is 35.0 Å². The Hall–Kier alpha value is -2.34. The third-order valence-corrected chi connectivity index (χ3v) is 5.73. The predicted molar refractivity (Wildman–Crippen MR) is 113 cm³/mol. The Morgan fingerprint density at radius 3 is 2.68 bits per heavy atom. The van der Waals surface area contributed by atoms with Gasteiger partial charge < -0.3 is 5.32 Å². The number of amides is 2. The fourth-order valence-corrected chi connectivity index (χ4v) is 4.40. The summed E-state index contributed by atoms with van der Waals surface area (Å²) < 4.78 is 14.0. The predicted octanol–water partition coefficient (Wildman–Crippen LogP) is 5.29. The highest BCUT2D eigenvalue weighted by molar-refractivity contribution is 8.00. The molecule has 0 saturated carbocycles. The van der Waals surface area contributed by atoms with Gasteiger partial charge in [0.15, 0.2) is 0 Å². The smallest absolute Gasteiger partial charge is 0.238 e. The maximum atomic E-state index is 14.0. The first-order valence-electron chi connectivity index (χ1n) is 9.24. The molecule has 1 aliphatic heterocycles. The molecule has 3 rings (SSSR count). The number of thioether (sulfide) groups is 1. The van der Waals surface area contributed by atoms with Crippen molar-refractivity contribution in [3.63, 3.8) is 0 Å². The molecule has 2 aromatic rings. The van der Waals surface area contributed by atoms with E-state index in [2.05, 4.69) is 5.32 Å². The Morgan fingerprint density at radius 1 is 1.25 bits per heavy atom. The number of benzene rings is 2. The fourth-order valence-electron chi connectivity index (χ4n) is 3.24. The van der Waals surface area contributed by atoms with Gasteiger partial charge in [0.25, 0.3) is 0 Å². The summed E-state index contributed by atoms with van der Waals surface area (Å²) >= 11 is 1.50. The SMILES string of the molecule is Cc1c(F)cccc1N1C(=O)CS[C@@H]1c1cccc(NC(=O)CC(C)(C)C)c1. The zero-order chi connectivity index (χ0) is 20.5. The van der Waals surface area contributed by atoms with Crippen LogP contribution < -0.4 is 10.2 Å². The van der Waals surface area contributed by atoms with E-state index in [9.17, 15) is 14.0 Å². The van der Waals surface area contributed by atoms with E-state index in [0.717, 1.165) is 5.56 Å². The molecule has 0 bridgehead atoms. The number of hydrogen-bond donors (Lipinski definition) is 1. The van der Waals surface area contributed by atoms with Gasteiger partial charge in [-0.1, -0.05) is 39.0 Å². The molecule has 1 aliphatic rings. The summed E-state index contributed by atoms with van der Waals surface area (Å²) in [6.45, 7) is 7.73. The van der Waals surface area contributed by atoms with E-state index < -0.39 is 0 Å². The van der Waals surface area contributed by atoms with Crippen molar-refractivity contribution in [2.45, 2.75) is 39.5 Å². The van der Waals surface area contributed by atoms with E-state index in [4.69, 9.17) is 0 Å². The number of anilines is 2. The first-order valence-corrected chi connectivity index (χ1v) is 10.3. The highest BCUT2D eigenvalue weighted by Crippen LogP contribution is 2.43.